The average Bonchev–Trinajstić information content (AvgIpc) is 2.57. The van der Waals surface area contributed by atoms with Crippen LogP contribution in [0.3, 0.4) is 0 Å². The average molecular weight is 218 g/mol. The van der Waals surface area contributed by atoms with Gasteiger partial charge in [0.05, 0.1) is 17.6 Å². The molecule has 2 atom stereocenters. The standard InChI is InChI=1S/C8H14N2O3S/c1-6(14(2,11)12)8(10-9)7-4-3-5-13-7/h3-6,8,10H,9H2,1-2H3. The molecule has 0 fully saturated rings. The van der Waals surface area contributed by atoms with Crippen LogP contribution in [-0.4, -0.2) is 19.9 Å². The fraction of sp³-hybridized carbons (Fsp3) is 0.500. The Morgan fingerprint density at radius 3 is 2.57 bits per heavy atom. The van der Waals surface area contributed by atoms with Crippen LogP contribution in [-0.2, 0) is 9.84 Å². The Labute approximate surface area is 83.2 Å². The molecule has 0 aliphatic heterocycles. The number of sulfone groups is 1. The van der Waals surface area contributed by atoms with Crippen molar-refractivity contribution in [1.29, 1.82) is 0 Å². The summed E-state index contributed by atoms with van der Waals surface area (Å²) in [5.41, 5.74) is 2.44. The van der Waals surface area contributed by atoms with Crippen LogP contribution in [0.4, 0.5) is 0 Å². The van der Waals surface area contributed by atoms with Crippen molar-refractivity contribution in [3.05, 3.63) is 24.2 Å². The molecule has 0 aromatic carbocycles. The minimum absolute atomic E-state index is 0.514. The van der Waals surface area contributed by atoms with Crippen molar-refractivity contribution < 1.29 is 12.8 Å². The fourth-order valence-corrected chi connectivity index (χ4v) is 1.87. The van der Waals surface area contributed by atoms with E-state index in [0.29, 0.717) is 5.76 Å². The SMILES string of the molecule is CC(C(NN)c1ccco1)S(C)(=O)=O. The topological polar surface area (TPSA) is 85.3 Å². The van der Waals surface area contributed by atoms with E-state index in [4.69, 9.17) is 10.3 Å². The number of hydrazine groups is 1. The van der Waals surface area contributed by atoms with Crippen molar-refractivity contribution in [2.24, 2.45) is 5.84 Å². The molecule has 5 nitrogen and oxygen atoms in total. The van der Waals surface area contributed by atoms with Gasteiger partial charge in [0.25, 0.3) is 0 Å². The first-order chi connectivity index (χ1) is 6.46. The summed E-state index contributed by atoms with van der Waals surface area (Å²) in [5, 5.41) is -0.626. The summed E-state index contributed by atoms with van der Waals surface area (Å²) in [7, 11) is -3.14. The summed E-state index contributed by atoms with van der Waals surface area (Å²) < 4.78 is 27.7. The van der Waals surface area contributed by atoms with Crippen LogP contribution in [0.5, 0.6) is 0 Å². The van der Waals surface area contributed by atoms with Crippen LogP contribution in [0.1, 0.15) is 18.7 Å². The van der Waals surface area contributed by atoms with Gasteiger partial charge in [0.1, 0.15) is 5.76 Å². The molecule has 14 heavy (non-hydrogen) atoms. The Hall–Kier alpha value is -0.850. The number of hydrogen-bond donors (Lipinski definition) is 2. The van der Waals surface area contributed by atoms with E-state index in [1.807, 2.05) is 0 Å². The lowest BCUT2D eigenvalue weighted by Crippen LogP contribution is -2.38. The molecule has 1 aromatic heterocycles. The van der Waals surface area contributed by atoms with Gasteiger partial charge in [-0.25, -0.2) is 13.8 Å². The first-order valence-electron chi connectivity index (χ1n) is 4.15. The number of rotatable bonds is 4. The lowest BCUT2D eigenvalue weighted by molar-refractivity contribution is 0.407. The minimum atomic E-state index is -3.14. The Kier molecular flexibility index (Phi) is 3.30. The maximum atomic E-state index is 11.3. The molecular formula is C8H14N2O3S. The summed E-state index contributed by atoms with van der Waals surface area (Å²) in [5.74, 6) is 5.81. The van der Waals surface area contributed by atoms with E-state index in [-0.39, 0.29) is 0 Å². The molecule has 3 N–H and O–H groups in total. The van der Waals surface area contributed by atoms with Gasteiger partial charge in [0, 0.05) is 6.26 Å². The fourth-order valence-electron chi connectivity index (χ4n) is 1.16. The molecule has 2 unspecified atom stereocenters. The molecule has 0 radical (unpaired) electrons. The second kappa shape index (κ2) is 4.12. The van der Waals surface area contributed by atoms with Crippen molar-refractivity contribution in [1.82, 2.24) is 5.43 Å². The lowest BCUT2D eigenvalue weighted by atomic mass is 10.2. The van der Waals surface area contributed by atoms with Gasteiger partial charge in [-0.05, 0) is 19.1 Å². The minimum Gasteiger partial charge on any atom is -0.468 e. The van der Waals surface area contributed by atoms with Gasteiger partial charge in [-0.3, -0.25) is 5.84 Å². The van der Waals surface area contributed by atoms with Crippen LogP contribution in [0.25, 0.3) is 0 Å². The van der Waals surface area contributed by atoms with Crippen molar-refractivity contribution in [3.8, 4) is 0 Å². The zero-order valence-electron chi connectivity index (χ0n) is 8.10. The molecule has 1 aromatic rings. The van der Waals surface area contributed by atoms with Crippen LogP contribution >= 0.6 is 0 Å². The highest BCUT2D eigenvalue weighted by Gasteiger charge is 2.28. The Balaban J connectivity index is 2.94. The van der Waals surface area contributed by atoms with E-state index in [1.165, 1.54) is 12.5 Å². The van der Waals surface area contributed by atoms with E-state index < -0.39 is 21.1 Å². The van der Waals surface area contributed by atoms with Gasteiger partial charge in [-0.15, -0.1) is 0 Å². The van der Waals surface area contributed by atoms with Gasteiger partial charge in [0.2, 0.25) is 0 Å². The number of furan rings is 1. The van der Waals surface area contributed by atoms with E-state index in [0.717, 1.165) is 0 Å². The third-order valence-electron chi connectivity index (χ3n) is 2.17. The number of nitrogens with one attached hydrogen (secondary N) is 1. The quantitative estimate of drug-likeness (QED) is 0.557. The highest BCUT2D eigenvalue weighted by Crippen LogP contribution is 2.20. The molecular weight excluding hydrogens is 204 g/mol. The Bertz CT molecular complexity index is 371. The highest BCUT2D eigenvalue weighted by molar-refractivity contribution is 7.91. The highest BCUT2D eigenvalue weighted by atomic mass is 32.2. The van der Waals surface area contributed by atoms with Gasteiger partial charge in [-0.1, -0.05) is 0 Å². The van der Waals surface area contributed by atoms with Gasteiger partial charge in [-0.2, -0.15) is 0 Å². The molecule has 0 amide bonds. The first kappa shape index (κ1) is 11.2. The molecule has 1 heterocycles. The largest absolute Gasteiger partial charge is 0.468 e. The summed E-state index contributed by atoms with van der Waals surface area (Å²) >= 11 is 0. The first-order valence-corrected chi connectivity index (χ1v) is 6.10. The van der Waals surface area contributed by atoms with E-state index in [9.17, 15) is 8.42 Å². The van der Waals surface area contributed by atoms with E-state index in [2.05, 4.69) is 5.43 Å². The number of nitrogens with two attached hydrogens (primary N) is 1. The second-order valence-corrected chi connectivity index (χ2v) is 5.60. The summed E-state index contributed by atoms with van der Waals surface area (Å²) in [6.45, 7) is 1.59. The molecule has 0 aliphatic carbocycles. The zero-order valence-corrected chi connectivity index (χ0v) is 8.91. The van der Waals surface area contributed by atoms with Crippen LogP contribution in [0, 0.1) is 0 Å². The maximum absolute atomic E-state index is 11.3. The molecule has 80 valence electrons. The molecule has 0 aliphatic rings. The van der Waals surface area contributed by atoms with E-state index in [1.54, 1.807) is 19.1 Å². The van der Waals surface area contributed by atoms with Crippen molar-refractivity contribution >= 4 is 9.84 Å². The van der Waals surface area contributed by atoms with Crippen molar-refractivity contribution in [2.45, 2.75) is 18.2 Å². The van der Waals surface area contributed by atoms with Crippen molar-refractivity contribution in [3.63, 3.8) is 0 Å². The smallest absolute Gasteiger partial charge is 0.152 e. The summed E-state index contributed by atoms with van der Waals surface area (Å²) in [6, 6.07) is 2.86. The summed E-state index contributed by atoms with van der Waals surface area (Å²) in [4.78, 5) is 0. The molecule has 6 heteroatoms. The zero-order chi connectivity index (χ0) is 10.8. The predicted molar refractivity (Wildman–Crippen MR) is 53.1 cm³/mol. The van der Waals surface area contributed by atoms with E-state index >= 15 is 0 Å². The second-order valence-electron chi connectivity index (χ2n) is 3.19. The Morgan fingerprint density at radius 1 is 1.57 bits per heavy atom. The van der Waals surface area contributed by atoms with Gasteiger partial charge in [0.15, 0.2) is 9.84 Å². The van der Waals surface area contributed by atoms with Crippen LogP contribution in [0.2, 0.25) is 0 Å². The third-order valence-corrected chi connectivity index (χ3v) is 3.80. The lowest BCUT2D eigenvalue weighted by Gasteiger charge is -2.19. The molecule has 0 saturated carbocycles. The Morgan fingerprint density at radius 2 is 2.21 bits per heavy atom. The van der Waals surface area contributed by atoms with Crippen molar-refractivity contribution in [2.75, 3.05) is 6.26 Å². The summed E-state index contributed by atoms with van der Waals surface area (Å²) in [6.07, 6.45) is 2.65. The molecule has 0 spiro atoms. The third kappa shape index (κ3) is 2.34. The van der Waals surface area contributed by atoms with Gasteiger partial charge >= 0.3 is 0 Å². The molecule has 0 bridgehead atoms. The molecule has 0 saturated heterocycles. The maximum Gasteiger partial charge on any atom is 0.152 e. The predicted octanol–water partition coefficient (Wildman–Crippen LogP) is 0.217. The van der Waals surface area contributed by atoms with Gasteiger partial charge < -0.3 is 4.42 Å². The normalized spacial score (nSPS) is 16.5. The van der Waals surface area contributed by atoms with Crippen LogP contribution in [0.15, 0.2) is 22.8 Å². The number of hydrogen-bond acceptors (Lipinski definition) is 5. The molecule has 1 rings (SSSR count). The van der Waals surface area contributed by atoms with Crippen LogP contribution < -0.4 is 11.3 Å². The monoisotopic (exact) mass is 218 g/mol.